The highest BCUT2D eigenvalue weighted by atomic mass is 32.1. The van der Waals surface area contributed by atoms with Crippen LogP contribution < -0.4 is 10.9 Å². The van der Waals surface area contributed by atoms with Crippen molar-refractivity contribution in [1.82, 2.24) is 24.8 Å². The topological polar surface area (TPSA) is 79.6 Å². The zero-order valence-electron chi connectivity index (χ0n) is 14.6. The monoisotopic (exact) mass is 361 g/mol. The number of hydrogen-bond donors (Lipinski definition) is 1. The molecule has 134 valence electrons. The lowest BCUT2D eigenvalue weighted by molar-refractivity contribution is -0.124. The molecule has 8 heteroatoms. The summed E-state index contributed by atoms with van der Waals surface area (Å²) < 4.78 is 1.40. The smallest absolute Gasteiger partial charge is 0.275 e. The van der Waals surface area contributed by atoms with Gasteiger partial charge in [0.05, 0.1) is 5.69 Å². The Hall–Kier alpha value is -1.80. The second kappa shape index (κ2) is 6.49. The van der Waals surface area contributed by atoms with Gasteiger partial charge in [-0.15, -0.1) is 0 Å². The van der Waals surface area contributed by atoms with E-state index in [9.17, 15) is 9.59 Å². The molecule has 2 fully saturated rings. The summed E-state index contributed by atoms with van der Waals surface area (Å²) in [5, 5.41) is 8.19. The van der Waals surface area contributed by atoms with E-state index in [2.05, 4.69) is 27.3 Å². The summed E-state index contributed by atoms with van der Waals surface area (Å²) in [5.41, 5.74) is 0.683. The number of nitrogens with one attached hydrogen (secondary N) is 1. The molecule has 25 heavy (non-hydrogen) atoms. The van der Waals surface area contributed by atoms with E-state index in [1.54, 1.807) is 6.07 Å². The predicted molar refractivity (Wildman–Crippen MR) is 95.6 cm³/mol. The van der Waals surface area contributed by atoms with Gasteiger partial charge in [-0.3, -0.25) is 14.5 Å². The lowest BCUT2D eigenvalue weighted by Crippen LogP contribution is -2.38. The summed E-state index contributed by atoms with van der Waals surface area (Å²) in [6.45, 7) is 3.48. The van der Waals surface area contributed by atoms with Crippen LogP contribution in [0.5, 0.6) is 0 Å². The van der Waals surface area contributed by atoms with Crippen molar-refractivity contribution in [2.75, 3.05) is 13.6 Å². The standard InChI is InChI=1S/C17H23N5O2S/c1-3-15-20-22-16(24)7-12(19-17(22)25-15)9-21(2)13-4-10-6-14(23)18-8-11(10)5-13/h7,10-11,13H,3-6,8-9H2,1-2H3,(H,18,23)/t10-,11+,13-/m1/s1. The Labute approximate surface area is 150 Å². The van der Waals surface area contributed by atoms with Gasteiger partial charge >= 0.3 is 0 Å². The zero-order valence-corrected chi connectivity index (χ0v) is 15.4. The molecule has 3 heterocycles. The van der Waals surface area contributed by atoms with Crippen LogP contribution in [0.4, 0.5) is 0 Å². The minimum absolute atomic E-state index is 0.112. The van der Waals surface area contributed by atoms with Gasteiger partial charge in [-0.1, -0.05) is 18.3 Å². The highest BCUT2D eigenvalue weighted by Gasteiger charge is 2.39. The molecule has 4 rings (SSSR count). The molecule has 1 saturated heterocycles. The van der Waals surface area contributed by atoms with Crippen molar-refractivity contribution >= 4 is 22.2 Å². The minimum atomic E-state index is -0.112. The molecule has 2 aromatic rings. The molecule has 1 aliphatic heterocycles. The number of carbonyl (C=O) groups excluding carboxylic acids is 1. The van der Waals surface area contributed by atoms with E-state index in [0.29, 0.717) is 35.8 Å². The lowest BCUT2D eigenvalue weighted by Gasteiger charge is -2.24. The van der Waals surface area contributed by atoms with E-state index in [4.69, 9.17) is 0 Å². The van der Waals surface area contributed by atoms with Crippen LogP contribution >= 0.6 is 11.3 Å². The van der Waals surface area contributed by atoms with E-state index >= 15 is 0 Å². The fourth-order valence-corrected chi connectivity index (χ4v) is 4.96. The summed E-state index contributed by atoms with van der Waals surface area (Å²) in [6.07, 6.45) is 3.61. The van der Waals surface area contributed by atoms with E-state index in [-0.39, 0.29) is 11.5 Å². The number of nitrogens with zero attached hydrogens (tertiary/aromatic N) is 4. The van der Waals surface area contributed by atoms with Crippen molar-refractivity contribution in [3.05, 3.63) is 27.1 Å². The molecular weight excluding hydrogens is 338 g/mol. The van der Waals surface area contributed by atoms with E-state index in [0.717, 1.165) is 36.5 Å². The number of piperidine rings is 1. The van der Waals surface area contributed by atoms with Crippen molar-refractivity contribution in [3.8, 4) is 0 Å². The van der Waals surface area contributed by atoms with Crippen molar-refractivity contribution in [2.45, 2.75) is 45.2 Å². The van der Waals surface area contributed by atoms with Crippen LogP contribution in [0.1, 0.15) is 36.9 Å². The second-order valence-corrected chi connectivity index (χ2v) is 8.24. The zero-order chi connectivity index (χ0) is 17.6. The van der Waals surface area contributed by atoms with E-state index in [1.807, 2.05) is 6.92 Å². The molecular formula is C17H23N5O2S. The Kier molecular flexibility index (Phi) is 4.33. The summed E-state index contributed by atoms with van der Waals surface area (Å²) in [5.74, 6) is 1.26. The molecule has 1 aliphatic carbocycles. The first-order valence-corrected chi connectivity index (χ1v) is 9.70. The Morgan fingerprint density at radius 3 is 2.96 bits per heavy atom. The van der Waals surface area contributed by atoms with E-state index < -0.39 is 0 Å². The molecule has 7 nitrogen and oxygen atoms in total. The lowest BCUT2D eigenvalue weighted by atomic mass is 9.89. The third kappa shape index (κ3) is 3.20. The SMILES string of the molecule is CCc1nn2c(=O)cc(CN(C)[C@H]3C[C@H]4CNC(=O)C[C@H]4C3)nc2s1. The first-order chi connectivity index (χ1) is 12.0. The average Bonchev–Trinajstić information content (AvgIpc) is 3.18. The number of carbonyl (C=O) groups is 1. The van der Waals surface area contributed by atoms with Crippen molar-refractivity contribution in [3.63, 3.8) is 0 Å². The Bertz CT molecular complexity index is 860. The molecule has 3 atom stereocenters. The van der Waals surface area contributed by atoms with Crippen LogP contribution in [0.3, 0.4) is 0 Å². The van der Waals surface area contributed by atoms with Gasteiger partial charge < -0.3 is 5.32 Å². The van der Waals surface area contributed by atoms with Gasteiger partial charge in [-0.05, 0) is 38.1 Å². The first-order valence-electron chi connectivity index (χ1n) is 8.89. The number of hydrogen-bond acceptors (Lipinski definition) is 6. The van der Waals surface area contributed by atoms with Gasteiger partial charge in [-0.25, -0.2) is 4.98 Å². The fourth-order valence-electron chi connectivity index (χ4n) is 4.10. The summed E-state index contributed by atoms with van der Waals surface area (Å²) in [4.78, 5) is 31.4. The van der Waals surface area contributed by atoms with Gasteiger partial charge in [0.1, 0.15) is 5.01 Å². The van der Waals surface area contributed by atoms with Gasteiger partial charge in [0.25, 0.3) is 5.56 Å². The molecule has 0 unspecified atom stereocenters. The Morgan fingerprint density at radius 1 is 1.36 bits per heavy atom. The van der Waals surface area contributed by atoms with E-state index in [1.165, 1.54) is 15.9 Å². The third-order valence-electron chi connectivity index (χ3n) is 5.50. The van der Waals surface area contributed by atoms with Crippen LogP contribution in [0.15, 0.2) is 10.9 Å². The maximum atomic E-state index is 12.3. The Morgan fingerprint density at radius 2 is 2.16 bits per heavy atom. The minimum Gasteiger partial charge on any atom is -0.356 e. The highest BCUT2D eigenvalue weighted by molar-refractivity contribution is 7.16. The second-order valence-electron chi connectivity index (χ2n) is 7.20. The molecule has 1 amide bonds. The first kappa shape index (κ1) is 16.7. The van der Waals surface area contributed by atoms with Crippen LogP contribution in [0.25, 0.3) is 4.96 Å². The van der Waals surface area contributed by atoms with Crippen molar-refractivity contribution < 1.29 is 4.79 Å². The predicted octanol–water partition coefficient (Wildman–Crippen LogP) is 1.06. The summed E-state index contributed by atoms with van der Waals surface area (Å²) >= 11 is 1.48. The molecule has 0 radical (unpaired) electrons. The molecule has 0 aromatic carbocycles. The average molecular weight is 361 g/mol. The van der Waals surface area contributed by atoms with Crippen LogP contribution in [0.2, 0.25) is 0 Å². The van der Waals surface area contributed by atoms with Crippen molar-refractivity contribution in [2.24, 2.45) is 11.8 Å². The number of aryl methyl sites for hydroxylation is 1. The van der Waals surface area contributed by atoms with Crippen LogP contribution in [0, 0.1) is 11.8 Å². The normalized spacial score (nSPS) is 26.2. The number of rotatable bonds is 4. The number of aromatic nitrogens is 3. The largest absolute Gasteiger partial charge is 0.356 e. The van der Waals surface area contributed by atoms with Gasteiger partial charge in [0.15, 0.2) is 0 Å². The van der Waals surface area contributed by atoms with Gasteiger partial charge in [0.2, 0.25) is 10.9 Å². The molecule has 0 bridgehead atoms. The van der Waals surface area contributed by atoms with Crippen LogP contribution in [-0.4, -0.2) is 45.0 Å². The fraction of sp³-hybridized carbons (Fsp3) is 0.647. The molecule has 2 aromatic heterocycles. The van der Waals surface area contributed by atoms with Crippen molar-refractivity contribution in [1.29, 1.82) is 0 Å². The van der Waals surface area contributed by atoms with Crippen LogP contribution in [-0.2, 0) is 17.8 Å². The third-order valence-corrected chi connectivity index (χ3v) is 6.56. The maximum Gasteiger partial charge on any atom is 0.275 e. The number of fused-ring (bicyclic) bond motifs is 2. The quantitative estimate of drug-likeness (QED) is 0.881. The summed E-state index contributed by atoms with van der Waals surface area (Å²) in [6, 6.07) is 2.03. The van der Waals surface area contributed by atoms with Gasteiger partial charge in [0, 0.05) is 31.6 Å². The highest BCUT2D eigenvalue weighted by Crippen LogP contribution is 2.38. The van der Waals surface area contributed by atoms with Gasteiger partial charge in [-0.2, -0.15) is 9.61 Å². The molecule has 2 aliphatic rings. The maximum absolute atomic E-state index is 12.3. The molecule has 0 spiro atoms. The number of amides is 1. The molecule has 1 saturated carbocycles. The summed E-state index contributed by atoms with van der Waals surface area (Å²) in [7, 11) is 2.09. The molecule has 1 N–H and O–H groups in total. The Balaban J connectivity index is 1.49.